The fourth-order valence-corrected chi connectivity index (χ4v) is 6.46. The molecule has 0 bridgehead atoms. The molecule has 0 spiro atoms. The lowest BCUT2D eigenvalue weighted by molar-refractivity contribution is -0.138. The van der Waals surface area contributed by atoms with Crippen molar-refractivity contribution in [2.45, 2.75) is 82.2 Å². The van der Waals surface area contributed by atoms with Crippen LogP contribution in [0.4, 0.5) is 0 Å². The van der Waals surface area contributed by atoms with E-state index in [1.807, 2.05) is 4.90 Å². The van der Waals surface area contributed by atoms with Crippen LogP contribution in [0.25, 0.3) is 0 Å². The van der Waals surface area contributed by atoms with Crippen molar-refractivity contribution in [2.75, 3.05) is 13.1 Å². The highest BCUT2D eigenvalue weighted by molar-refractivity contribution is 5.88. The summed E-state index contributed by atoms with van der Waals surface area (Å²) in [6.07, 6.45) is 9.25. The van der Waals surface area contributed by atoms with E-state index in [0.29, 0.717) is 31.5 Å². The summed E-state index contributed by atoms with van der Waals surface area (Å²) in [7, 11) is 0. The summed E-state index contributed by atoms with van der Waals surface area (Å²) in [4.78, 5) is 28.3. The molecule has 5 nitrogen and oxygen atoms in total. The number of carbonyl (C=O) groups is 2. The van der Waals surface area contributed by atoms with Crippen LogP contribution in [0.15, 0.2) is 48.5 Å². The molecule has 1 saturated heterocycles. The largest absolute Gasteiger partial charge is 0.354 e. The lowest BCUT2D eigenvalue weighted by Gasteiger charge is -2.28. The van der Waals surface area contributed by atoms with Gasteiger partial charge in [-0.3, -0.25) is 9.59 Å². The maximum Gasteiger partial charge on any atom is 0.242 e. The van der Waals surface area contributed by atoms with Crippen molar-refractivity contribution in [2.24, 2.45) is 11.7 Å². The number of nitrogens with one attached hydrogen (secondary N) is 1. The molecule has 5 heteroatoms. The van der Waals surface area contributed by atoms with Gasteiger partial charge in [0, 0.05) is 31.5 Å². The average Bonchev–Trinajstić information content (AvgIpc) is 3.32. The van der Waals surface area contributed by atoms with Crippen molar-refractivity contribution < 1.29 is 9.59 Å². The third kappa shape index (κ3) is 5.45. The van der Waals surface area contributed by atoms with Crippen LogP contribution < -0.4 is 11.1 Å². The molecule has 2 aromatic rings. The molecule has 0 aromatic heterocycles. The van der Waals surface area contributed by atoms with Crippen LogP contribution in [-0.4, -0.2) is 41.9 Å². The van der Waals surface area contributed by atoms with Crippen molar-refractivity contribution in [3.05, 3.63) is 70.8 Å². The molecule has 186 valence electrons. The minimum absolute atomic E-state index is 0.0240. The van der Waals surface area contributed by atoms with Crippen LogP contribution in [-0.2, 0) is 22.4 Å². The zero-order chi connectivity index (χ0) is 24.2. The van der Waals surface area contributed by atoms with Gasteiger partial charge in [-0.05, 0) is 86.0 Å². The second-order valence-corrected chi connectivity index (χ2v) is 10.8. The van der Waals surface area contributed by atoms with Crippen LogP contribution in [0.3, 0.4) is 0 Å². The molecule has 0 radical (unpaired) electrons. The minimum atomic E-state index is -0.318. The molecule has 0 unspecified atom stereocenters. The first-order valence-electron chi connectivity index (χ1n) is 13.6. The highest BCUT2D eigenvalue weighted by Crippen LogP contribution is 2.37. The molecule has 1 saturated carbocycles. The first-order valence-corrected chi connectivity index (χ1v) is 13.6. The van der Waals surface area contributed by atoms with Crippen LogP contribution in [0.1, 0.15) is 79.5 Å². The summed E-state index contributed by atoms with van der Waals surface area (Å²) in [5, 5.41) is 3.16. The second-order valence-electron chi connectivity index (χ2n) is 10.8. The van der Waals surface area contributed by atoms with E-state index >= 15 is 0 Å². The Morgan fingerprint density at radius 3 is 2.17 bits per heavy atom. The SMILES string of the molecule is NC1CCC(CNC(=O)[C@@H]2CCCN2C(=O)CCC2c3ccccc3CCc3ccccc32)CC1. The number of fused-ring (bicyclic) bond motifs is 2. The Hall–Kier alpha value is -2.66. The fourth-order valence-electron chi connectivity index (χ4n) is 6.46. The summed E-state index contributed by atoms with van der Waals surface area (Å²) in [5.41, 5.74) is 11.5. The van der Waals surface area contributed by atoms with Crippen LogP contribution in [0.2, 0.25) is 0 Å². The summed E-state index contributed by atoms with van der Waals surface area (Å²) in [6, 6.07) is 17.4. The molecule has 2 amide bonds. The van der Waals surface area contributed by atoms with E-state index in [1.165, 1.54) is 22.3 Å². The standard InChI is InChI=1S/C30H39N3O2/c31-24-15-11-21(12-16-24)20-32-30(35)28-10-5-19-33(28)29(34)18-17-27-25-8-3-1-6-22(25)13-14-23-7-2-4-9-26(23)27/h1-4,6-9,21,24,27-28H,5,10-20,31H2,(H,32,35)/t21?,24?,28-/m0/s1. The highest BCUT2D eigenvalue weighted by Gasteiger charge is 2.35. The predicted molar refractivity (Wildman–Crippen MR) is 139 cm³/mol. The summed E-state index contributed by atoms with van der Waals surface area (Å²) in [5.74, 6) is 0.877. The van der Waals surface area contributed by atoms with Crippen LogP contribution in [0, 0.1) is 5.92 Å². The van der Waals surface area contributed by atoms with Crippen molar-refractivity contribution in [1.82, 2.24) is 10.2 Å². The number of rotatable bonds is 6. The third-order valence-electron chi connectivity index (χ3n) is 8.50. The van der Waals surface area contributed by atoms with Gasteiger partial charge >= 0.3 is 0 Å². The number of nitrogens with two attached hydrogens (primary N) is 1. The molecule has 1 aliphatic heterocycles. The Morgan fingerprint density at radius 1 is 0.886 bits per heavy atom. The van der Waals surface area contributed by atoms with Gasteiger partial charge in [-0.1, -0.05) is 48.5 Å². The molecular formula is C30H39N3O2. The molecule has 35 heavy (non-hydrogen) atoms. The van der Waals surface area contributed by atoms with Gasteiger partial charge in [-0.25, -0.2) is 0 Å². The molecular weight excluding hydrogens is 434 g/mol. The zero-order valence-electron chi connectivity index (χ0n) is 20.8. The van der Waals surface area contributed by atoms with Crippen molar-refractivity contribution in [3.8, 4) is 0 Å². The van der Waals surface area contributed by atoms with E-state index in [9.17, 15) is 9.59 Å². The van der Waals surface area contributed by atoms with Crippen molar-refractivity contribution in [1.29, 1.82) is 0 Å². The third-order valence-corrected chi connectivity index (χ3v) is 8.50. The Labute approximate surface area is 209 Å². The summed E-state index contributed by atoms with van der Waals surface area (Å²) in [6.45, 7) is 1.40. The van der Waals surface area contributed by atoms with Gasteiger partial charge in [0.05, 0.1) is 0 Å². The lowest BCUT2D eigenvalue weighted by Crippen LogP contribution is -2.47. The van der Waals surface area contributed by atoms with Gasteiger partial charge < -0.3 is 16.0 Å². The number of aryl methyl sites for hydroxylation is 2. The first-order chi connectivity index (χ1) is 17.1. The Bertz CT molecular complexity index is 996. The van der Waals surface area contributed by atoms with E-state index in [4.69, 9.17) is 5.73 Å². The maximum absolute atomic E-state index is 13.4. The maximum atomic E-state index is 13.4. The Morgan fingerprint density at radius 2 is 1.51 bits per heavy atom. The van der Waals surface area contributed by atoms with Gasteiger partial charge in [-0.2, -0.15) is 0 Å². The van der Waals surface area contributed by atoms with E-state index < -0.39 is 0 Å². The highest BCUT2D eigenvalue weighted by atomic mass is 16.2. The summed E-state index contributed by atoms with van der Waals surface area (Å²) >= 11 is 0. The van der Waals surface area contributed by atoms with E-state index in [-0.39, 0.29) is 23.8 Å². The zero-order valence-corrected chi connectivity index (χ0v) is 20.8. The van der Waals surface area contributed by atoms with Crippen LogP contribution >= 0.6 is 0 Å². The van der Waals surface area contributed by atoms with Crippen molar-refractivity contribution in [3.63, 3.8) is 0 Å². The molecule has 5 rings (SSSR count). The minimum Gasteiger partial charge on any atom is -0.354 e. The molecule has 1 heterocycles. The number of amides is 2. The number of carbonyl (C=O) groups excluding carboxylic acids is 2. The normalized spacial score (nSPS) is 24.4. The fraction of sp³-hybridized carbons (Fsp3) is 0.533. The number of likely N-dealkylation sites (tertiary alicyclic amines) is 1. The summed E-state index contributed by atoms with van der Waals surface area (Å²) < 4.78 is 0. The van der Waals surface area contributed by atoms with Gasteiger partial charge in [0.1, 0.15) is 6.04 Å². The molecule has 1 atom stereocenters. The van der Waals surface area contributed by atoms with Gasteiger partial charge in [0.25, 0.3) is 0 Å². The topological polar surface area (TPSA) is 75.4 Å². The van der Waals surface area contributed by atoms with E-state index in [0.717, 1.165) is 57.8 Å². The van der Waals surface area contributed by atoms with Gasteiger partial charge in [-0.15, -0.1) is 0 Å². The molecule has 3 aliphatic rings. The quantitative estimate of drug-likeness (QED) is 0.656. The van der Waals surface area contributed by atoms with E-state index in [1.54, 1.807) is 0 Å². The van der Waals surface area contributed by atoms with Crippen LogP contribution in [0.5, 0.6) is 0 Å². The molecule has 2 aromatic carbocycles. The Balaban J connectivity index is 1.22. The lowest BCUT2D eigenvalue weighted by atomic mass is 9.84. The average molecular weight is 474 g/mol. The molecule has 3 N–H and O–H groups in total. The van der Waals surface area contributed by atoms with E-state index in [2.05, 4.69) is 53.8 Å². The van der Waals surface area contributed by atoms with Gasteiger partial charge in [0.2, 0.25) is 11.8 Å². The smallest absolute Gasteiger partial charge is 0.242 e. The number of hydrogen-bond donors (Lipinski definition) is 2. The second kappa shape index (κ2) is 10.9. The molecule has 2 aliphatic carbocycles. The predicted octanol–water partition coefficient (Wildman–Crippen LogP) is 4.32. The number of hydrogen-bond acceptors (Lipinski definition) is 3. The van der Waals surface area contributed by atoms with Crippen molar-refractivity contribution >= 4 is 11.8 Å². The monoisotopic (exact) mass is 473 g/mol. The Kier molecular flexibility index (Phi) is 7.52. The van der Waals surface area contributed by atoms with Gasteiger partial charge in [0.15, 0.2) is 0 Å². The number of nitrogens with zero attached hydrogens (tertiary/aromatic N) is 1. The molecule has 2 fully saturated rings. The first kappa shape index (κ1) is 24.1. The number of benzene rings is 2.